The molecule has 0 radical (unpaired) electrons. The lowest BCUT2D eigenvalue weighted by atomic mass is 9.85. The molecule has 0 amide bonds. The monoisotopic (exact) mass is 258 g/mol. The predicted molar refractivity (Wildman–Crippen MR) is 79.7 cm³/mol. The third kappa shape index (κ3) is 5.62. The van der Waals surface area contributed by atoms with Crippen molar-refractivity contribution in [1.29, 1.82) is 0 Å². The fraction of sp³-hybridized carbons (Fsp3) is 1.00. The second-order valence-electron chi connectivity index (χ2n) is 6.08. The summed E-state index contributed by atoms with van der Waals surface area (Å²) < 4.78 is 0. The number of likely N-dealkylation sites (tertiary alicyclic amines) is 1. The SMILES string of the molecule is CSCCCC(CN)N1CCCC(C)(C)CC1. The molecule has 0 bridgehead atoms. The molecular formula is C14H30N2S. The minimum atomic E-state index is 0.535. The van der Waals surface area contributed by atoms with E-state index in [1.54, 1.807) is 0 Å². The molecule has 0 saturated carbocycles. The van der Waals surface area contributed by atoms with Crippen molar-refractivity contribution in [3.63, 3.8) is 0 Å². The highest BCUT2D eigenvalue weighted by atomic mass is 32.2. The standard InChI is InChI=1S/C14H30N2S/c1-14(2)7-5-9-16(10-8-14)13(12-15)6-4-11-17-3/h13H,4-12,15H2,1-3H3. The quantitative estimate of drug-likeness (QED) is 0.743. The van der Waals surface area contributed by atoms with Gasteiger partial charge in [-0.25, -0.2) is 0 Å². The first-order chi connectivity index (χ1) is 8.09. The highest BCUT2D eigenvalue weighted by molar-refractivity contribution is 7.98. The number of rotatable bonds is 6. The Morgan fingerprint density at radius 2 is 2.06 bits per heavy atom. The van der Waals surface area contributed by atoms with Gasteiger partial charge >= 0.3 is 0 Å². The number of nitrogens with zero attached hydrogens (tertiary/aromatic N) is 1. The zero-order chi connectivity index (χ0) is 12.7. The predicted octanol–water partition coefficient (Wildman–Crippen LogP) is 2.97. The van der Waals surface area contributed by atoms with Gasteiger partial charge in [-0.1, -0.05) is 13.8 Å². The van der Waals surface area contributed by atoms with E-state index in [1.807, 2.05) is 11.8 Å². The molecular weight excluding hydrogens is 228 g/mol. The van der Waals surface area contributed by atoms with Crippen molar-refractivity contribution in [2.24, 2.45) is 11.1 Å². The lowest BCUT2D eigenvalue weighted by Crippen LogP contribution is -2.41. The summed E-state index contributed by atoms with van der Waals surface area (Å²) in [6.07, 6.45) is 8.80. The summed E-state index contributed by atoms with van der Waals surface area (Å²) in [6.45, 7) is 8.14. The van der Waals surface area contributed by atoms with Crippen molar-refractivity contribution >= 4 is 11.8 Å². The zero-order valence-corrected chi connectivity index (χ0v) is 12.7. The number of nitrogens with two attached hydrogens (primary N) is 1. The highest BCUT2D eigenvalue weighted by Gasteiger charge is 2.25. The molecule has 102 valence electrons. The summed E-state index contributed by atoms with van der Waals surface area (Å²) in [5, 5.41) is 0. The number of thioether (sulfide) groups is 1. The summed E-state index contributed by atoms with van der Waals surface area (Å²) in [6, 6.07) is 0.621. The molecule has 0 aromatic carbocycles. The van der Waals surface area contributed by atoms with Crippen molar-refractivity contribution in [3.8, 4) is 0 Å². The van der Waals surface area contributed by atoms with E-state index in [-0.39, 0.29) is 0 Å². The molecule has 1 aliphatic heterocycles. The first kappa shape index (κ1) is 15.3. The molecule has 0 aliphatic carbocycles. The Morgan fingerprint density at radius 3 is 2.71 bits per heavy atom. The average Bonchev–Trinajstić information content (AvgIpc) is 2.46. The lowest BCUT2D eigenvalue weighted by molar-refractivity contribution is 0.189. The van der Waals surface area contributed by atoms with Crippen LogP contribution in [0.2, 0.25) is 0 Å². The Bertz CT molecular complexity index is 206. The minimum Gasteiger partial charge on any atom is -0.329 e. The minimum absolute atomic E-state index is 0.535. The maximum atomic E-state index is 5.96. The van der Waals surface area contributed by atoms with Gasteiger partial charge < -0.3 is 5.73 Å². The van der Waals surface area contributed by atoms with Crippen molar-refractivity contribution < 1.29 is 0 Å². The largest absolute Gasteiger partial charge is 0.329 e. The molecule has 0 aromatic rings. The van der Waals surface area contributed by atoms with Crippen LogP contribution < -0.4 is 5.73 Å². The van der Waals surface area contributed by atoms with E-state index in [1.165, 1.54) is 50.9 Å². The van der Waals surface area contributed by atoms with E-state index in [9.17, 15) is 0 Å². The molecule has 1 aliphatic rings. The molecule has 1 saturated heterocycles. The fourth-order valence-corrected chi connectivity index (χ4v) is 3.18. The van der Waals surface area contributed by atoms with Crippen molar-refractivity contribution in [2.45, 2.75) is 52.0 Å². The van der Waals surface area contributed by atoms with Gasteiger partial charge in [0.15, 0.2) is 0 Å². The summed E-state index contributed by atoms with van der Waals surface area (Å²) in [5.41, 5.74) is 6.49. The third-order valence-corrected chi connectivity index (χ3v) is 4.75. The van der Waals surface area contributed by atoms with E-state index in [0.717, 1.165) is 6.54 Å². The number of hydrogen-bond donors (Lipinski definition) is 1. The molecule has 1 atom stereocenters. The van der Waals surface area contributed by atoms with Gasteiger partial charge in [-0.3, -0.25) is 4.90 Å². The lowest BCUT2D eigenvalue weighted by Gasteiger charge is -2.30. The maximum Gasteiger partial charge on any atom is 0.0218 e. The van der Waals surface area contributed by atoms with Crippen LogP contribution in [0, 0.1) is 5.41 Å². The van der Waals surface area contributed by atoms with E-state index >= 15 is 0 Å². The third-order valence-electron chi connectivity index (χ3n) is 4.05. The first-order valence-electron chi connectivity index (χ1n) is 7.02. The summed E-state index contributed by atoms with van der Waals surface area (Å²) in [4.78, 5) is 2.65. The molecule has 2 N–H and O–H groups in total. The molecule has 3 heteroatoms. The van der Waals surface area contributed by atoms with Crippen LogP contribution in [0.1, 0.15) is 46.0 Å². The van der Waals surface area contributed by atoms with E-state index in [4.69, 9.17) is 5.73 Å². The summed E-state index contributed by atoms with van der Waals surface area (Å²) >= 11 is 1.95. The molecule has 0 aromatic heterocycles. The topological polar surface area (TPSA) is 29.3 Å². The molecule has 1 rings (SSSR count). The van der Waals surface area contributed by atoms with Gasteiger partial charge in [0.1, 0.15) is 0 Å². The average molecular weight is 258 g/mol. The zero-order valence-electron chi connectivity index (χ0n) is 11.9. The van der Waals surface area contributed by atoms with Crippen LogP contribution in [0.3, 0.4) is 0 Å². The second kappa shape index (κ2) is 7.65. The van der Waals surface area contributed by atoms with Gasteiger partial charge in [0.25, 0.3) is 0 Å². The smallest absolute Gasteiger partial charge is 0.0218 e. The van der Waals surface area contributed by atoms with Crippen LogP contribution in [0.25, 0.3) is 0 Å². The van der Waals surface area contributed by atoms with Crippen LogP contribution >= 0.6 is 11.8 Å². The van der Waals surface area contributed by atoms with Gasteiger partial charge in [0.05, 0.1) is 0 Å². The van der Waals surface area contributed by atoms with Gasteiger partial charge in [0.2, 0.25) is 0 Å². The van der Waals surface area contributed by atoms with Crippen molar-refractivity contribution in [2.75, 3.05) is 31.6 Å². The van der Waals surface area contributed by atoms with Gasteiger partial charge in [-0.15, -0.1) is 0 Å². The maximum absolute atomic E-state index is 5.96. The molecule has 1 heterocycles. The van der Waals surface area contributed by atoms with Crippen LogP contribution in [-0.4, -0.2) is 42.6 Å². The Hall–Kier alpha value is 0.270. The van der Waals surface area contributed by atoms with Crippen LogP contribution in [-0.2, 0) is 0 Å². The van der Waals surface area contributed by atoms with Crippen molar-refractivity contribution in [3.05, 3.63) is 0 Å². The highest BCUT2D eigenvalue weighted by Crippen LogP contribution is 2.30. The summed E-state index contributed by atoms with van der Waals surface area (Å²) in [7, 11) is 0. The number of hydrogen-bond acceptors (Lipinski definition) is 3. The molecule has 0 spiro atoms. The fourth-order valence-electron chi connectivity index (χ4n) is 2.72. The Labute approximate surface area is 112 Å². The van der Waals surface area contributed by atoms with Gasteiger partial charge in [-0.2, -0.15) is 11.8 Å². The molecule has 1 unspecified atom stereocenters. The van der Waals surface area contributed by atoms with E-state index in [0.29, 0.717) is 11.5 Å². The van der Waals surface area contributed by atoms with Gasteiger partial charge in [0, 0.05) is 12.6 Å². The second-order valence-corrected chi connectivity index (χ2v) is 7.06. The normalized spacial score (nSPS) is 23.3. The van der Waals surface area contributed by atoms with E-state index in [2.05, 4.69) is 25.0 Å². The Balaban J connectivity index is 2.40. The summed E-state index contributed by atoms with van der Waals surface area (Å²) in [5.74, 6) is 1.27. The Kier molecular flexibility index (Phi) is 6.90. The molecule has 17 heavy (non-hydrogen) atoms. The van der Waals surface area contributed by atoms with Crippen LogP contribution in [0.15, 0.2) is 0 Å². The molecule has 1 fully saturated rings. The van der Waals surface area contributed by atoms with Crippen LogP contribution in [0.4, 0.5) is 0 Å². The van der Waals surface area contributed by atoms with Crippen LogP contribution in [0.5, 0.6) is 0 Å². The Morgan fingerprint density at radius 1 is 1.29 bits per heavy atom. The molecule has 2 nitrogen and oxygen atoms in total. The van der Waals surface area contributed by atoms with Crippen molar-refractivity contribution in [1.82, 2.24) is 4.90 Å². The first-order valence-corrected chi connectivity index (χ1v) is 8.41. The van der Waals surface area contributed by atoms with Gasteiger partial charge in [-0.05, 0) is 62.6 Å². The van der Waals surface area contributed by atoms with E-state index < -0.39 is 0 Å².